The molecule has 0 radical (unpaired) electrons. The zero-order chi connectivity index (χ0) is 58.7. The number of nitrogens with one attached hydrogen (secondary N) is 1. The molecule has 11 nitrogen and oxygen atoms in total. The Balaban J connectivity index is 1.94. The summed E-state index contributed by atoms with van der Waals surface area (Å²) in [5.41, 5.74) is 0. The van der Waals surface area contributed by atoms with Gasteiger partial charge in [-0.3, -0.25) is 9.59 Å². The van der Waals surface area contributed by atoms with Crippen molar-refractivity contribution >= 4 is 11.9 Å². The van der Waals surface area contributed by atoms with Gasteiger partial charge in [0, 0.05) is 12.8 Å². The zero-order valence-corrected chi connectivity index (χ0v) is 52.5. The second-order valence-corrected chi connectivity index (χ2v) is 23.8. The van der Waals surface area contributed by atoms with Crippen molar-refractivity contribution in [1.82, 2.24) is 5.32 Å². The van der Waals surface area contributed by atoms with Gasteiger partial charge >= 0.3 is 5.97 Å². The van der Waals surface area contributed by atoms with Gasteiger partial charge < -0.3 is 45.1 Å². The largest absolute Gasteiger partial charge is 0.466 e. The fraction of sp³-hybridized carbons (Fsp3) is 0.857. The lowest BCUT2D eigenvalue weighted by Gasteiger charge is -2.40. The van der Waals surface area contributed by atoms with Crippen LogP contribution in [0.25, 0.3) is 0 Å². The lowest BCUT2D eigenvalue weighted by atomic mass is 9.99. The van der Waals surface area contributed by atoms with Crippen LogP contribution in [0.5, 0.6) is 0 Å². The number of carbonyl (C=O) groups is 2. The number of amides is 1. The molecule has 81 heavy (non-hydrogen) atoms. The van der Waals surface area contributed by atoms with Gasteiger partial charge in [0.15, 0.2) is 6.29 Å². The van der Waals surface area contributed by atoms with E-state index in [0.717, 1.165) is 64.2 Å². The van der Waals surface area contributed by atoms with Crippen LogP contribution in [0.1, 0.15) is 322 Å². The van der Waals surface area contributed by atoms with Gasteiger partial charge in [0.1, 0.15) is 24.4 Å². The molecule has 0 spiro atoms. The summed E-state index contributed by atoms with van der Waals surface area (Å²) in [6.07, 6.45) is 67.0. The minimum atomic E-state index is -1.58. The lowest BCUT2D eigenvalue weighted by molar-refractivity contribution is -0.302. The number of carbonyl (C=O) groups excluding carboxylic acids is 2. The van der Waals surface area contributed by atoms with E-state index in [1.807, 2.05) is 6.08 Å². The number of esters is 1. The smallest absolute Gasteiger partial charge is 0.305 e. The van der Waals surface area contributed by atoms with Gasteiger partial charge in [-0.05, 0) is 77.0 Å². The third-order valence-corrected chi connectivity index (χ3v) is 16.2. The summed E-state index contributed by atoms with van der Waals surface area (Å²) >= 11 is 0. The first-order chi connectivity index (χ1) is 39.7. The Morgan fingerprint density at radius 2 is 0.840 bits per heavy atom. The van der Waals surface area contributed by atoms with Crippen molar-refractivity contribution in [2.45, 2.75) is 365 Å². The van der Waals surface area contributed by atoms with Crippen LogP contribution < -0.4 is 5.32 Å². The molecule has 6 N–H and O–H groups in total. The molecule has 1 rings (SSSR count). The second-order valence-electron chi connectivity index (χ2n) is 23.8. The third kappa shape index (κ3) is 48.5. The topological polar surface area (TPSA) is 175 Å². The van der Waals surface area contributed by atoms with E-state index in [4.69, 9.17) is 14.2 Å². The average Bonchev–Trinajstić information content (AvgIpc) is 3.46. The number of allylic oxidation sites excluding steroid dienone is 7. The Morgan fingerprint density at radius 3 is 1.28 bits per heavy atom. The van der Waals surface area contributed by atoms with Crippen molar-refractivity contribution in [2.24, 2.45) is 0 Å². The maximum Gasteiger partial charge on any atom is 0.305 e. The molecule has 0 aliphatic carbocycles. The molecule has 0 aromatic carbocycles. The third-order valence-electron chi connectivity index (χ3n) is 16.2. The van der Waals surface area contributed by atoms with E-state index in [1.165, 1.54) is 231 Å². The van der Waals surface area contributed by atoms with Gasteiger partial charge in [0.2, 0.25) is 5.91 Å². The normalized spacial score (nSPS) is 18.5. The van der Waals surface area contributed by atoms with E-state index in [9.17, 15) is 35.1 Å². The van der Waals surface area contributed by atoms with Gasteiger partial charge in [0.05, 0.1) is 32.0 Å². The number of rotatable bonds is 60. The maximum atomic E-state index is 13.0. The van der Waals surface area contributed by atoms with E-state index in [-0.39, 0.29) is 18.5 Å². The molecular weight excluding hydrogens is 1010 g/mol. The Morgan fingerprint density at radius 1 is 0.457 bits per heavy atom. The highest BCUT2D eigenvalue weighted by atomic mass is 16.7. The summed E-state index contributed by atoms with van der Waals surface area (Å²) in [5.74, 6) is -0.186. The Hall–Kier alpha value is -2.38. The van der Waals surface area contributed by atoms with Gasteiger partial charge in [0.25, 0.3) is 0 Å². The molecule has 1 aliphatic rings. The minimum Gasteiger partial charge on any atom is -0.466 e. The van der Waals surface area contributed by atoms with E-state index in [0.29, 0.717) is 19.4 Å². The molecule has 474 valence electrons. The van der Waals surface area contributed by atoms with Crippen molar-refractivity contribution in [3.05, 3.63) is 48.6 Å². The van der Waals surface area contributed by atoms with E-state index >= 15 is 0 Å². The molecule has 1 amide bonds. The molecule has 7 atom stereocenters. The van der Waals surface area contributed by atoms with E-state index < -0.39 is 49.5 Å². The standard InChI is InChI=1S/C70H129NO10/c1-3-5-7-9-11-13-37-42-46-50-54-58-66(75)79-59-55-51-47-43-39-36-34-32-30-28-26-24-22-20-18-16-15-17-19-21-23-25-27-29-31-33-35-38-41-45-49-53-57-65(74)71-62(61-80-70-69(78)68(77)67(76)64(60-72)81-70)63(73)56-52-48-44-40-14-12-10-8-6-4-2/h6,8,14,18,20,40,52,56,62-64,67-70,72-73,76-78H,3-5,7,9-13,15-17,19,21-39,41-51,53-55,57-61H2,1-2H3,(H,71,74)/b8-6+,20-18-,40-14+,56-52+. The van der Waals surface area contributed by atoms with Crippen LogP contribution in [-0.4, -0.2) is 100 Å². The lowest BCUT2D eigenvalue weighted by Crippen LogP contribution is -2.60. The number of aliphatic hydroxyl groups is 5. The number of hydrogen-bond donors (Lipinski definition) is 6. The SMILES string of the molecule is CC/C=C/CC/C=C/CC/C=C/C(O)C(COC1OC(CO)C(O)C(O)C1O)NC(=O)CCCCCCCCCCCCCCCCCC/C=C\CCCCCCCCCCCCCCOC(=O)CCCCCCCCCCCCC. The summed E-state index contributed by atoms with van der Waals surface area (Å²) in [4.78, 5) is 25.0. The van der Waals surface area contributed by atoms with Crippen LogP contribution in [0, 0.1) is 0 Å². The molecule has 0 bridgehead atoms. The Labute approximate surface area is 497 Å². The van der Waals surface area contributed by atoms with Gasteiger partial charge in [-0.1, -0.05) is 281 Å². The minimum absolute atomic E-state index is 0.00980. The van der Waals surface area contributed by atoms with Crippen molar-refractivity contribution < 1.29 is 49.3 Å². The molecule has 1 heterocycles. The highest BCUT2D eigenvalue weighted by molar-refractivity contribution is 5.76. The molecule has 1 saturated heterocycles. The fourth-order valence-electron chi connectivity index (χ4n) is 10.8. The molecular formula is C70H129NO10. The molecule has 7 unspecified atom stereocenters. The summed E-state index contributed by atoms with van der Waals surface area (Å²) < 4.78 is 16.7. The monoisotopic (exact) mass is 1140 g/mol. The maximum absolute atomic E-state index is 13.0. The first kappa shape index (κ1) is 76.6. The predicted octanol–water partition coefficient (Wildman–Crippen LogP) is 17.2. The predicted molar refractivity (Wildman–Crippen MR) is 338 cm³/mol. The van der Waals surface area contributed by atoms with Crippen LogP contribution in [0.4, 0.5) is 0 Å². The van der Waals surface area contributed by atoms with Crippen molar-refractivity contribution in [3.63, 3.8) is 0 Å². The van der Waals surface area contributed by atoms with Crippen molar-refractivity contribution in [3.8, 4) is 0 Å². The second kappa shape index (κ2) is 59.4. The fourth-order valence-corrected chi connectivity index (χ4v) is 10.8. The Bertz CT molecular complexity index is 1480. The van der Waals surface area contributed by atoms with Gasteiger partial charge in [-0.25, -0.2) is 0 Å². The molecule has 11 heteroatoms. The van der Waals surface area contributed by atoms with E-state index in [2.05, 4.69) is 55.6 Å². The van der Waals surface area contributed by atoms with Crippen LogP contribution >= 0.6 is 0 Å². The number of aliphatic hydroxyl groups excluding tert-OH is 5. The molecule has 0 aromatic heterocycles. The van der Waals surface area contributed by atoms with E-state index in [1.54, 1.807) is 6.08 Å². The van der Waals surface area contributed by atoms with Crippen molar-refractivity contribution in [2.75, 3.05) is 19.8 Å². The quantitative estimate of drug-likeness (QED) is 0.0195. The molecule has 0 saturated carbocycles. The number of hydrogen-bond acceptors (Lipinski definition) is 10. The first-order valence-corrected chi connectivity index (χ1v) is 34.4. The van der Waals surface area contributed by atoms with Crippen molar-refractivity contribution in [1.29, 1.82) is 0 Å². The molecule has 1 fully saturated rings. The number of ether oxygens (including phenoxy) is 3. The molecule has 0 aromatic rings. The highest BCUT2D eigenvalue weighted by Gasteiger charge is 2.44. The summed E-state index contributed by atoms with van der Waals surface area (Å²) in [6, 6.07) is -0.832. The van der Waals surface area contributed by atoms with Gasteiger partial charge in [-0.15, -0.1) is 0 Å². The summed E-state index contributed by atoms with van der Waals surface area (Å²) in [6.45, 7) is 4.22. The van der Waals surface area contributed by atoms with Crippen LogP contribution in [0.15, 0.2) is 48.6 Å². The van der Waals surface area contributed by atoms with Crippen LogP contribution in [-0.2, 0) is 23.8 Å². The number of unbranched alkanes of at least 4 members (excludes halogenated alkanes) is 40. The Kier molecular flexibility index (Phi) is 56.2. The van der Waals surface area contributed by atoms with Crippen LogP contribution in [0.2, 0.25) is 0 Å². The average molecular weight is 1140 g/mol. The summed E-state index contributed by atoms with van der Waals surface area (Å²) in [7, 11) is 0. The first-order valence-electron chi connectivity index (χ1n) is 34.4. The highest BCUT2D eigenvalue weighted by Crippen LogP contribution is 2.23. The summed E-state index contributed by atoms with van der Waals surface area (Å²) in [5, 5.41) is 54.3. The van der Waals surface area contributed by atoms with Crippen LogP contribution in [0.3, 0.4) is 0 Å². The molecule has 1 aliphatic heterocycles. The van der Waals surface area contributed by atoms with Gasteiger partial charge in [-0.2, -0.15) is 0 Å². The zero-order valence-electron chi connectivity index (χ0n) is 52.5.